The molecule has 1 aliphatic rings. The van der Waals surface area contributed by atoms with Crippen LogP contribution in [-0.2, 0) is 10.0 Å². The minimum absolute atomic E-state index is 0.237. The van der Waals surface area contributed by atoms with E-state index in [4.69, 9.17) is 5.73 Å². The smallest absolute Gasteiger partial charge is 0.243 e. The Bertz CT molecular complexity index is 557. The number of hydrogen-bond donors (Lipinski definition) is 1. The van der Waals surface area contributed by atoms with E-state index in [1.54, 1.807) is 4.31 Å². The third kappa shape index (κ3) is 3.30. The average Bonchev–Trinajstić information content (AvgIpc) is 2.64. The lowest BCUT2D eigenvalue weighted by atomic mass is 9.89. The van der Waals surface area contributed by atoms with Gasteiger partial charge in [-0.1, -0.05) is 13.8 Å². The highest BCUT2D eigenvalue weighted by Gasteiger charge is 2.28. The number of sulfonamides is 1. The number of pyridine rings is 1. The molecule has 1 atom stereocenters. The van der Waals surface area contributed by atoms with Crippen molar-refractivity contribution in [3.05, 3.63) is 18.3 Å². The molecule has 20 heavy (non-hydrogen) atoms. The molecular weight excluding hydrogens is 274 g/mol. The molecule has 0 spiro atoms. The van der Waals surface area contributed by atoms with Crippen LogP contribution in [-0.4, -0.2) is 30.8 Å². The Morgan fingerprint density at radius 2 is 2.10 bits per heavy atom. The molecule has 0 amide bonds. The lowest BCUT2D eigenvalue weighted by Crippen LogP contribution is -2.32. The van der Waals surface area contributed by atoms with Gasteiger partial charge in [0.1, 0.15) is 5.82 Å². The first-order valence-corrected chi connectivity index (χ1v) is 8.57. The summed E-state index contributed by atoms with van der Waals surface area (Å²) in [5, 5.41) is 0. The molecule has 112 valence electrons. The van der Waals surface area contributed by atoms with E-state index in [1.807, 2.05) is 0 Å². The summed E-state index contributed by atoms with van der Waals surface area (Å²) >= 11 is 0. The number of aromatic nitrogens is 1. The highest BCUT2D eigenvalue weighted by Crippen LogP contribution is 2.27. The monoisotopic (exact) mass is 297 g/mol. The predicted molar refractivity (Wildman–Crippen MR) is 79.6 cm³/mol. The van der Waals surface area contributed by atoms with Gasteiger partial charge in [0.15, 0.2) is 0 Å². The van der Waals surface area contributed by atoms with Crippen molar-refractivity contribution in [2.45, 2.75) is 38.0 Å². The van der Waals surface area contributed by atoms with Crippen LogP contribution in [0.5, 0.6) is 0 Å². The van der Waals surface area contributed by atoms with Gasteiger partial charge in [-0.25, -0.2) is 13.4 Å². The molecule has 1 aromatic rings. The summed E-state index contributed by atoms with van der Waals surface area (Å²) in [7, 11) is -3.44. The van der Waals surface area contributed by atoms with Crippen molar-refractivity contribution < 1.29 is 8.42 Å². The van der Waals surface area contributed by atoms with Crippen molar-refractivity contribution in [2.75, 3.05) is 18.8 Å². The van der Waals surface area contributed by atoms with Crippen molar-refractivity contribution in [3.8, 4) is 0 Å². The van der Waals surface area contributed by atoms with Gasteiger partial charge in [0.25, 0.3) is 0 Å². The summed E-state index contributed by atoms with van der Waals surface area (Å²) in [5.41, 5.74) is 5.58. The lowest BCUT2D eigenvalue weighted by Gasteiger charge is -2.21. The summed E-state index contributed by atoms with van der Waals surface area (Å²) in [5.74, 6) is 1.45. The van der Waals surface area contributed by atoms with Crippen LogP contribution in [0.2, 0.25) is 0 Å². The zero-order valence-electron chi connectivity index (χ0n) is 12.1. The van der Waals surface area contributed by atoms with Gasteiger partial charge < -0.3 is 5.73 Å². The van der Waals surface area contributed by atoms with Crippen LogP contribution in [0.15, 0.2) is 23.2 Å². The highest BCUT2D eigenvalue weighted by molar-refractivity contribution is 7.89. The largest absolute Gasteiger partial charge is 0.384 e. The van der Waals surface area contributed by atoms with E-state index in [0.29, 0.717) is 24.9 Å². The molecular formula is C14H23N3O2S. The zero-order valence-corrected chi connectivity index (χ0v) is 12.9. The van der Waals surface area contributed by atoms with Crippen LogP contribution in [0.3, 0.4) is 0 Å². The maximum Gasteiger partial charge on any atom is 0.243 e. The average molecular weight is 297 g/mol. The summed E-state index contributed by atoms with van der Waals surface area (Å²) < 4.78 is 26.8. The van der Waals surface area contributed by atoms with Gasteiger partial charge in [0, 0.05) is 25.4 Å². The Labute approximate surface area is 121 Å². The van der Waals surface area contributed by atoms with Gasteiger partial charge in [-0.2, -0.15) is 4.31 Å². The highest BCUT2D eigenvalue weighted by atomic mass is 32.2. The van der Waals surface area contributed by atoms with E-state index in [2.05, 4.69) is 18.8 Å². The Morgan fingerprint density at radius 3 is 2.75 bits per heavy atom. The Morgan fingerprint density at radius 1 is 1.35 bits per heavy atom. The Kier molecular flexibility index (Phi) is 4.65. The molecule has 0 aliphatic carbocycles. The number of rotatable bonds is 3. The number of nitrogens with two attached hydrogens (primary N) is 1. The second-order valence-electron chi connectivity index (χ2n) is 5.76. The van der Waals surface area contributed by atoms with Crippen LogP contribution in [0, 0.1) is 11.8 Å². The molecule has 1 saturated heterocycles. The van der Waals surface area contributed by atoms with Crippen LogP contribution >= 0.6 is 0 Å². The minimum Gasteiger partial charge on any atom is -0.384 e. The first-order valence-electron chi connectivity index (χ1n) is 7.13. The SMILES string of the molecule is CC(C)C1CCCN(S(=O)(=O)c2ccnc(N)c2)CC1. The molecule has 1 aromatic heterocycles. The van der Waals surface area contributed by atoms with Crippen molar-refractivity contribution in [2.24, 2.45) is 11.8 Å². The van der Waals surface area contributed by atoms with Gasteiger partial charge in [-0.15, -0.1) is 0 Å². The van der Waals surface area contributed by atoms with Crippen LogP contribution < -0.4 is 5.73 Å². The van der Waals surface area contributed by atoms with E-state index in [-0.39, 0.29) is 10.7 Å². The molecule has 5 nitrogen and oxygen atoms in total. The summed E-state index contributed by atoms with van der Waals surface area (Å²) in [6, 6.07) is 2.94. The van der Waals surface area contributed by atoms with E-state index in [0.717, 1.165) is 19.3 Å². The molecule has 0 radical (unpaired) electrons. The zero-order chi connectivity index (χ0) is 14.8. The van der Waals surface area contributed by atoms with Crippen LogP contribution in [0.25, 0.3) is 0 Å². The molecule has 2 rings (SSSR count). The maximum atomic E-state index is 12.6. The number of hydrogen-bond acceptors (Lipinski definition) is 4. The second kappa shape index (κ2) is 6.10. The molecule has 0 bridgehead atoms. The first kappa shape index (κ1) is 15.3. The van der Waals surface area contributed by atoms with Crippen molar-refractivity contribution >= 4 is 15.8 Å². The predicted octanol–water partition coefficient (Wildman–Crippen LogP) is 2.11. The molecule has 2 N–H and O–H groups in total. The van der Waals surface area contributed by atoms with Gasteiger partial charge in [0.2, 0.25) is 10.0 Å². The number of nitrogens with zero attached hydrogens (tertiary/aromatic N) is 2. The fourth-order valence-electron chi connectivity index (χ4n) is 2.74. The maximum absolute atomic E-state index is 12.6. The summed E-state index contributed by atoms with van der Waals surface area (Å²) in [6.45, 7) is 5.60. The van der Waals surface area contributed by atoms with E-state index < -0.39 is 10.0 Å². The van der Waals surface area contributed by atoms with Gasteiger partial charge in [-0.05, 0) is 37.2 Å². The van der Waals surface area contributed by atoms with Gasteiger partial charge in [0.05, 0.1) is 4.90 Å². The Balaban J connectivity index is 2.18. The summed E-state index contributed by atoms with van der Waals surface area (Å²) in [6.07, 6.45) is 4.39. The topological polar surface area (TPSA) is 76.3 Å². The molecule has 0 saturated carbocycles. The third-order valence-electron chi connectivity index (χ3n) is 4.06. The van der Waals surface area contributed by atoms with E-state index in [1.165, 1.54) is 18.3 Å². The van der Waals surface area contributed by atoms with Crippen molar-refractivity contribution in [3.63, 3.8) is 0 Å². The third-order valence-corrected chi connectivity index (χ3v) is 5.96. The van der Waals surface area contributed by atoms with Gasteiger partial charge >= 0.3 is 0 Å². The number of nitrogen functional groups attached to an aromatic ring is 1. The fraction of sp³-hybridized carbons (Fsp3) is 0.643. The molecule has 1 unspecified atom stereocenters. The molecule has 0 aromatic carbocycles. The van der Waals surface area contributed by atoms with Crippen molar-refractivity contribution in [1.29, 1.82) is 0 Å². The molecule has 2 heterocycles. The van der Waals surface area contributed by atoms with Crippen LogP contribution in [0.1, 0.15) is 33.1 Å². The number of anilines is 1. The second-order valence-corrected chi connectivity index (χ2v) is 7.69. The minimum atomic E-state index is -3.44. The molecule has 6 heteroatoms. The normalized spacial score (nSPS) is 21.9. The fourth-order valence-corrected chi connectivity index (χ4v) is 4.26. The molecule has 1 fully saturated rings. The Hall–Kier alpha value is -1.14. The van der Waals surface area contributed by atoms with Gasteiger partial charge in [-0.3, -0.25) is 0 Å². The first-order chi connectivity index (χ1) is 9.41. The van der Waals surface area contributed by atoms with E-state index >= 15 is 0 Å². The van der Waals surface area contributed by atoms with Crippen molar-refractivity contribution in [1.82, 2.24) is 9.29 Å². The molecule has 1 aliphatic heterocycles. The quantitative estimate of drug-likeness (QED) is 0.927. The van der Waals surface area contributed by atoms with Crippen LogP contribution in [0.4, 0.5) is 5.82 Å². The van der Waals surface area contributed by atoms with E-state index in [9.17, 15) is 8.42 Å². The summed E-state index contributed by atoms with van der Waals surface area (Å²) in [4.78, 5) is 4.09. The standard InChI is InChI=1S/C14H23N3O2S/c1-11(2)12-4-3-8-17(9-6-12)20(18,19)13-5-7-16-14(15)10-13/h5,7,10-12H,3-4,6,8-9H2,1-2H3,(H2,15,16). The lowest BCUT2D eigenvalue weighted by molar-refractivity contribution is 0.341.